The minimum Gasteiger partial charge on any atom is -0.497 e. The van der Waals surface area contributed by atoms with Crippen LogP contribution in [0.4, 0.5) is 9.59 Å². The van der Waals surface area contributed by atoms with Gasteiger partial charge in [0.15, 0.2) is 0 Å². The van der Waals surface area contributed by atoms with Crippen molar-refractivity contribution in [3.8, 4) is 11.5 Å². The highest BCUT2D eigenvalue weighted by atomic mass is 16.5. The monoisotopic (exact) mass is 517 g/mol. The van der Waals surface area contributed by atoms with E-state index in [0.717, 1.165) is 6.42 Å². The zero-order valence-corrected chi connectivity index (χ0v) is 22.6. The van der Waals surface area contributed by atoms with Crippen LogP contribution < -0.4 is 20.1 Å². The van der Waals surface area contributed by atoms with Gasteiger partial charge in [-0.25, -0.2) is 14.4 Å². The highest BCUT2D eigenvalue weighted by molar-refractivity contribution is 5.95. The lowest BCUT2D eigenvalue weighted by Gasteiger charge is -2.37. The van der Waals surface area contributed by atoms with Crippen LogP contribution in [0.3, 0.4) is 0 Å². The predicted octanol–water partition coefficient (Wildman–Crippen LogP) is 2.34. The van der Waals surface area contributed by atoms with Crippen LogP contribution in [0.25, 0.3) is 0 Å². The van der Waals surface area contributed by atoms with Crippen LogP contribution in [0, 0.1) is 0 Å². The third-order valence-electron chi connectivity index (χ3n) is 6.48. The van der Waals surface area contributed by atoms with E-state index < -0.39 is 12.0 Å². The number of carbonyl (C=O) groups is 3. The summed E-state index contributed by atoms with van der Waals surface area (Å²) in [5.74, 6) is 0.575. The molecule has 2 aliphatic rings. The van der Waals surface area contributed by atoms with Crippen LogP contribution >= 0.6 is 0 Å². The van der Waals surface area contributed by atoms with Gasteiger partial charge in [0.1, 0.15) is 11.5 Å². The molecule has 4 amide bonds. The first-order valence-electron chi connectivity index (χ1n) is 12.6. The first-order chi connectivity index (χ1) is 17.7. The van der Waals surface area contributed by atoms with Crippen molar-refractivity contribution in [2.24, 2.45) is 0 Å². The fourth-order valence-corrected chi connectivity index (χ4v) is 4.58. The largest absolute Gasteiger partial charge is 0.497 e. The van der Waals surface area contributed by atoms with Crippen molar-refractivity contribution in [1.82, 2.24) is 25.3 Å². The van der Waals surface area contributed by atoms with Crippen LogP contribution in [0.15, 0.2) is 29.5 Å². The minimum atomic E-state index is -0.789. The van der Waals surface area contributed by atoms with E-state index in [-0.39, 0.29) is 24.7 Å². The van der Waals surface area contributed by atoms with E-state index in [1.54, 1.807) is 39.3 Å². The van der Waals surface area contributed by atoms with Gasteiger partial charge in [-0.1, -0.05) is 0 Å². The van der Waals surface area contributed by atoms with Crippen molar-refractivity contribution < 1.29 is 28.6 Å². The molecule has 11 nitrogen and oxygen atoms in total. The summed E-state index contributed by atoms with van der Waals surface area (Å²) in [5, 5.41) is 5.87. The summed E-state index contributed by atoms with van der Waals surface area (Å²) < 4.78 is 16.4. The number of carbonyl (C=O) groups excluding carboxylic acids is 3. The Bertz CT molecular complexity index is 1030. The standard InChI is InChI=1S/C26H39N5O6/c1-7-37-24(32)22-20(16-30-11-8-12-31(14-13-30)26(34)27-17(2)3)29(4)25(33)28-23(22)19-15-18(35-5)9-10-21(19)36-6/h9-10,15,17,23H,7-8,11-14,16H2,1-6H3,(H,27,34)(H,28,33)/t23-/m0/s1. The third kappa shape index (κ3) is 6.65. The minimum absolute atomic E-state index is 0.0593. The number of benzene rings is 1. The predicted molar refractivity (Wildman–Crippen MR) is 139 cm³/mol. The van der Waals surface area contributed by atoms with Crippen molar-refractivity contribution in [3.63, 3.8) is 0 Å². The number of ether oxygens (including phenoxy) is 3. The van der Waals surface area contributed by atoms with Gasteiger partial charge < -0.3 is 29.7 Å². The van der Waals surface area contributed by atoms with E-state index in [9.17, 15) is 14.4 Å². The molecule has 0 spiro atoms. The molecule has 0 aliphatic carbocycles. The zero-order valence-electron chi connectivity index (χ0n) is 22.6. The lowest BCUT2D eigenvalue weighted by atomic mass is 9.93. The molecule has 1 fully saturated rings. The smallest absolute Gasteiger partial charge is 0.338 e. The first-order valence-corrected chi connectivity index (χ1v) is 12.6. The Balaban J connectivity index is 1.98. The first kappa shape index (κ1) is 28.1. The van der Waals surface area contributed by atoms with E-state index in [1.165, 1.54) is 12.0 Å². The molecule has 11 heteroatoms. The van der Waals surface area contributed by atoms with Gasteiger partial charge in [-0.05, 0) is 45.4 Å². The van der Waals surface area contributed by atoms with Crippen LogP contribution in [0.5, 0.6) is 11.5 Å². The lowest BCUT2D eigenvalue weighted by Crippen LogP contribution is -2.49. The summed E-state index contributed by atoms with van der Waals surface area (Å²) in [6, 6.07) is 4.10. The molecule has 0 saturated carbocycles. The molecule has 1 aromatic rings. The maximum atomic E-state index is 13.3. The van der Waals surface area contributed by atoms with Gasteiger partial charge >= 0.3 is 18.0 Å². The van der Waals surface area contributed by atoms with E-state index in [4.69, 9.17) is 14.2 Å². The average Bonchev–Trinajstić information content (AvgIpc) is 3.11. The number of methoxy groups -OCH3 is 2. The van der Waals surface area contributed by atoms with Gasteiger partial charge in [-0.2, -0.15) is 0 Å². The average molecular weight is 518 g/mol. The maximum absolute atomic E-state index is 13.3. The molecule has 1 aromatic carbocycles. The highest BCUT2D eigenvalue weighted by Crippen LogP contribution is 2.37. The summed E-state index contributed by atoms with van der Waals surface area (Å²) in [4.78, 5) is 44.4. The number of amides is 4. The molecule has 0 aromatic heterocycles. The summed E-state index contributed by atoms with van der Waals surface area (Å²) in [7, 11) is 4.73. The van der Waals surface area contributed by atoms with Gasteiger partial charge in [0, 0.05) is 57.1 Å². The summed E-state index contributed by atoms with van der Waals surface area (Å²) in [6.07, 6.45) is 0.774. The third-order valence-corrected chi connectivity index (χ3v) is 6.48. The topological polar surface area (TPSA) is 113 Å². The summed E-state index contributed by atoms with van der Waals surface area (Å²) in [5.41, 5.74) is 1.49. The Labute approximate surface area is 218 Å². The van der Waals surface area contributed by atoms with E-state index >= 15 is 0 Å². The number of likely N-dealkylation sites (N-methyl/N-ethyl adjacent to an activating group) is 1. The van der Waals surface area contributed by atoms with Crippen LogP contribution in [0.1, 0.15) is 38.8 Å². The number of hydrogen-bond donors (Lipinski definition) is 2. The second-order valence-electron chi connectivity index (χ2n) is 9.35. The Morgan fingerprint density at radius 1 is 1.14 bits per heavy atom. The zero-order chi connectivity index (χ0) is 27.1. The highest BCUT2D eigenvalue weighted by Gasteiger charge is 2.39. The fourth-order valence-electron chi connectivity index (χ4n) is 4.58. The van der Waals surface area contributed by atoms with Crippen LogP contribution in [-0.4, -0.2) is 99.4 Å². The molecule has 1 atom stereocenters. The van der Waals surface area contributed by atoms with Gasteiger partial charge in [0.2, 0.25) is 0 Å². The number of rotatable bonds is 8. The quantitative estimate of drug-likeness (QED) is 0.509. The molecule has 0 radical (unpaired) electrons. The van der Waals surface area contributed by atoms with E-state index in [2.05, 4.69) is 15.5 Å². The lowest BCUT2D eigenvalue weighted by molar-refractivity contribution is -0.139. The van der Waals surface area contributed by atoms with Gasteiger partial charge in [-0.3, -0.25) is 9.80 Å². The number of nitrogens with one attached hydrogen (secondary N) is 2. The Kier molecular flexibility index (Phi) is 9.62. The Morgan fingerprint density at radius 3 is 2.54 bits per heavy atom. The summed E-state index contributed by atoms with van der Waals surface area (Å²) >= 11 is 0. The molecule has 0 bridgehead atoms. The molecular weight excluding hydrogens is 478 g/mol. The summed E-state index contributed by atoms with van der Waals surface area (Å²) in [6.45, 7) is 8.66. The number of esters is 1. The molecule has 2 heterocycles. The molecule has 37 heavy (non-hydrogen) atoms. The number of hydrogen-bond acceptors (Lipinski definition) is 7. The van der Waals surface area contributed by atoms with Gasteiger partial charge in [-0.15, -0.1) is 0 Å². The van der Waals surface area contributed by atoms with Crippen molar-refractivity contribution in [1.29, 1.82) is 0 Å². The number of nitrogens with zero attached hydrogens (tertiary/aromatic N) is 3. The number of urea groups is 2. The molecular formula is C26H39N5O6. The van der Waals surface area contributed by atoms with Crippen molar-refractivity contribution in [3.05, 3.63) is 35.0 Å². The second-order valence-corrected chi connectivity index (χ2v) is 9.35. The van der Waals surface area contributed by atoms with Crippen LogP contribution in [-0.2, 0) is 9.53 Å². The van der Waals surface area contributed by atoms with Gasteiger partial charge in [0.05, 0.1) is 32.4 Å². The van der Waals surface area contributed by atoms with Crippen molar-refractivity contribution >= 4 is 18.0 Å². The van der Waals surface area contributed by atoms with E-state index in [1.807, 2.05) is 18.7 Å². The van der Waals surface area contributed by atoms with Crippen molar-refractivity contribution in [2.75, 3.05) is 60.6 Å². The maximum Gasteiger partial charge on any atom is 0.338 e. The molecule has 1 saturated heterocycles. The Morgan fingerprint density at radius 2 is 1.89 bits per heavy atom. The van der Waals surface area contributed by atoms with E-state index in [0.29, 0.717) is 61.1 Å². The second kappa shape index (κ2) is 12.7. The van der Waals surface area contributed by atoms with Crippen molar-refractivity contribution in [2.45, 2.75) is 39.3 Å². The molecule has 2 N–H and O–H groups in total. The molecule has 3 rings (SSSR count). The SMILES string of the molecule is CCOC(=O)C1=C(CN2CCCN(C(=O)NC(C)C)CC2)N(C)C(=O)N[C@H]1c1cc(OC)ccc1OC. The fraction of sp³-hybridized carbons (Fsp3) is 0.577. The molecule has 0 unspecified atom stereocenters. The molecule has 2 aliphatic heterocycles. The normalized spacial score (nSPS) is 18.9. The van der Waals surface area contributed by atoms with Crippen LogP contribution in [0.2, 0.25) is 0 Å². The van der Waals surface area contributed by atoms with Gasteiger partial charge in [0.25, 0.3) is 0 Å². The Hall–Kier alpha value is -3.47. The molecule has 204 valence electrons.